The van der Waals surface area contributed by atoms with Crippen LogP contribution in [0.15, 0.2) is 0 Å². The summed E-state index contributed by atoms with van der Waals surface area (Å²) in [7, 11) is 0. The van der Waals surface area contributed by atoms with Crippen molar-refractivity contribution in [2.24, 2.45) is 5.41 Å². The van der Waals surface area contributed by atoms with Gasteiger partial charge in [0.1, 0.15) is 0 Å². The topological polar surface area (TPSA) is 23.8 Å². The molecule has 0 spiro atoms. The van der Waals surface area contributed by atoms with Crippen molar-refractivity contribution in [3.05, 3.63) is 6.42 Å². The zero-order chi connectivity index (χ0) is 5.33. The molecular weight excluding hydrogens is 86.1 g/mol. The molecule has 7 heavy (non-hydrogen) atoms. The number of rotatable bonds is 1. The van der Waals surface area contributed by atoms with Gasteiger partial charge in [-0.05, 0) is 19.3 Å². The predicted octanol–water partition coefficient (Wildman–Crippen LogP) is 1.51. The van der Waals surface area contributed by atoms with Gasteiger partial charge in [-0.3, -0.25) is 0 Å². The van der Waals surface area contributed by atoms with Gasteiger partial charge in [0.15, 0.2) is 0 Å². The lowest BCUT2D eigenvalue weighted by atomic mass is 10.1. The third-order valence-electron chi connectivity index (χ3n) is 1.56. The van der Waals surface area contributed by atoms with Gasteiger partial charge in [0, 0.05) is 0 Å². The van der Waals surface area contributed by atoms with Crippen LogP contribution in [0, 0.1) is 23.2 Å². The summed E-state index contributed by atoms with van der Waals surface area (Å²) in [5.74, 6) is 0. The first-order chi connectivity index (χ1) is 3.33. The van der Waals surface area contributed by atoms with Gasteiger partial charge in [-0.1, -0.05) is 6.92 Å². The van der Waals surface area contributed by atoms with Crippen LogP contribution >= 0.6 is 0 Å². The van der Waals surface area contributed by atoms with Gasteiger partial charge in [0.25, 0.3) is 0 Å². The Morgan fingerprint density at radius 3 is 2.29 bits per heavy atom. The van der Waals surface area contributed by atoms with Crippen LogP contribution < -0.4 is 0 Å². The Kier molecular flexibility index (Phi) is 0.815. The maximum absolute atomic E-state index is 8.38. The summed E-state index contributed by atoms with van der Waals surface area (Å²) in [6.45, 7) is 1.95. The van der Waals surface area contributed by atoms with E-state index in [-0.39, 0.29) is 5.41 Å². The fourth-order valence-corrected chi connectivity index (χ4v) is 0.600. The van der Waals surface area contributed by atoms with Crippen LogP contribution in [0.2, 0.25) is 0 Å². The first-order valence-electron chi connectivity index (χ1n) is 2.55. The molecule has 0 N–H and O–H groups in total. The Bertz CT molecular complexity index is 106. The molecular formula is C6H8N. The van der Waals surface area contributed by atoms with Crippen molar-refractivity contribution >= 4 is 0 Å². The molecule has 0 atom stereocenters. The molecule has 0 aliphatic heterocycles. The SMILES string of the molecule is C[CH]C1(C#N)CC1. The van der Waals surface area contributed by atoms with Crippen LogP contribution in [0.1, 0.15) is 19.8 Å². The van der Waals surface area contributed by atoms with E-state index in [1.165, 1.54) is 0 Å². The van der Waals surface area contributed by atoms with Crippen LogP contribution in [0.5, 0.6) is 0 Å². The molecule has 1 aliphatic rings. The normalized spacial score (nSPS) is 23.4. The Morgan fingerprint density at radius 1 is 1.71 bits per heavy atom. The number of hydrogen-bond donors (Lipinski definition) is 0. The van der Waals surface area contributed by atoms with Crippen LogP contribution in [0.3, 0.4) is 0 Å². The van der Waals surface area contributed by atoms with Crippen molar-refractivity contribution in [3.63, 3.8) is 0 Å². The Labute approximate surface area is 44.0 Å². The molecule has 0 aromatic rings. The molecule has 0 saturated heterocycles. The van der Waals surface area contributed by atoms with Gasteiger partial charge < -0.3 is 0 Å². The monoisotopic (exact) mass is 94.1 g/mol. The highest BCUT2D eigenvalue weighted by atomic mass is 14.5. The molecule has 1 aliphatic carbocycles. The van der Waals surface area contributed by atoms with Crippen molar-refractivity contribution in [3.8, 4) is 6.07 Å². The van der Waals surface area contributed by atoms with Crippen LogP contribution in [-0.4, -0.2) is 0 Å². The molecule has 1 nitrogen and oxygen atoms in total. The molecule has 1 fully saturated rings. The van der Waals surface area contributed by atoms with Gasteiger partial charge in [-0.25, -0.2) is 0 Å². The van der Waals surface area contributed by atoms with Gasteiger partial charge >= 0.3 is 0 Å². The molecule has 1 radical (unpaired) electrons. The first-order valence-corrected chi connectivity index (χ1v) is 2.55. The smallest absolute Gasteiger partial charge is 0.0692 e. The Balaban J connectivity index is 2.47. The maximum Gasteiger partial charge on any atom is 0.0692 e. The summed E-state index contributed by atoms with van der Waals surface area (Å²) in [6, 6.07) is 2.25. The lowest BCUT2D eigenvalue weighted by molar-refractivity contribution is 0.794. The quantitative estimate of drug-likeness (QED) is 0.483. The molecule has 1 heteroatoms. The molecule has 1 rings (SSSR count). The molecule has 0 aromatic heterocycles. The maximum atomic E-state index is 8.38. The van der Waals surface area contributed by atoms with Crippen molar-refractivity contribution in [2.75, 3.05) is 0 Å². The molecule has 0 amide bonds. The minimum atomic E-state index is 0.0139. The standard InChI is InChI=1S/C6H8N/c1-2-6(5-7)3-4-6/h2H,3-4H2,1H3. The molecule has 0 bridgehead atoms. The van der Waals surface area contributed by atoms with Crippen molar-refractivity contribution in [1.29, 1.82) is 5.26 Å². The third kappa shape index (κ3) is 0.608. The molecule has 0 aromatic carbocycles. The van der Waals surface area contributed by atoms with Crippen molar-refractivity contribution in [2.45, 2.75) is 19.8 Å². The highest BCUT2D eigenvalue weighted by molar-refractivity contribution is 5.16. The lowest BCUT2D eigenvalue weighted by Crippen LogP contribution is -1.90. The van der Waals surface area contributed by atoms with Gasteiger partial charge in [0.2, 0.25) is 0 Å². The van der Waals surface area contributed by atoms with Crippen molar-refractivity contribution < 1.29 is 0 Å². The number of nitrogens with zero attached hydrogens (tertiary/aromatic N) is 1. The fraction of sp³-hybridized carbons (Fsp3) is 0.667. The predicted molar refractivity (Wildman–Crippen MR) is 27.3 cm³/mol. The van der Waals surface area contributed by atoms with E-state index in [2.05, 4.69) is 6.07 Å². The average molecular weight is 94.1 g/mol. The van der Waals surface area contributed by atoms with E-state index < -0.39 is 0 Å². The second kappa shape index (κ2) is 1.23. The zero-order valence-corrected chi connectivity index (χ0v) is 4.44. The van der Waals surface area contributed by atoms with E-state index >= 15 is 0 Å². The van der Waals surface area contributed by atoms with Crippen LogP contribution in [-0.2, 0) is 0 Å². The van der Waals surface area contributed by atoms with E-state index in [0.717, 1.165) is 12.8 Å². The highest BCUT2D eigenvalue weighted by Gasteiger charge is 2.40. The lowest BCUT2D eigenvalue weighted by Gasteiger charge is -1.92. The minimum Gasteiger partial charge on any atom is -0.198 e. The summed E-state index contributed by atoms with van der Waals surface area (Å²) in [6.07, 6.45) is 4.16. The largest absolute Gasteiger partial charge is 0.198 e. The number of hydrogen-bond acceptors (Lipinski definition) is 1. The summed E-state index contributed by atoms with van der Waals surface area (Å²) < 4.78 is 0. The minimum absolute atomic E-state index is 0.0139. The molecule has 1 saturated carbocycles. The molecule has 37 valence electrons. The average Bonchev–Trinajstić information content (AvgIpc) is 2.46. The highest BCUT2D eigenvalue weighted by Crippen LogP contribution is 2.46. The van der Waals surface area contributed by atoms with E-state index in [0.29, 0.717) is 0 Å². The molecule has 0 heterocycles. The first kappa shape index (κ1) is 4.64. The van der Waals surface area contributed by atoms with E-state index in [1.807, 2.05) is 13.3 Å². The van der Waals surface area contributed by atoms with Gasteiger partial charge in [-0.2, -0.15) is 5.26 Å². The van der Waals surface area contributed by atoms with Gasteiger partial charge in [-0.15, -0.1) is 0 Å². The number of nitriles is 1. The van der Waals surface area contributed by atoms with Crippen LogP contribution in [0.25, 0.3) is 0 Å². The van der Waals surface area contributed by atoms with Crippen LogP contribution in [0.4, 0.5) is 0 Å². The van der Waals surface area contributed by atoms with Crippen molar-refractivity contribution in [1.82, 2.24) is 0 Å². The third-order valence-corrected chi connectivity index (χ3v) is 1.56. The van der Waals surface area contributed by atoms with E-state index in [1.54, 1.807) is 0 Å². The Morgan fingerprint density at radius 2 is 2.29 bits per heavy atom. The zero-order valence-electron chi connectivity index (χ0n) is 4.44. The van der Waals surface area contributed by atoms with E-state index in [9.17, 15) is 0 Å². The second-order valence-corrected chi connectivity index (χ2v) is 2.06. The summed E-state index contributed by atoms with van der Waals surface area (Å²) >= 11 is 0. The summed E-state index contributed by atoms with van der Waals surface area (Å²) in [5.41, 5.74) is 0.0139. The fourth-order valence-electron chi connectivity index (χ4n) is 0.600. The molecule has 0 unspecified atom stereocenters. The Hall–Kier alpha value is -0.510. The van der Waals surface area contributed by atoms with E-state index in [4.69, 9.17) is 5.26 Å². The second-order valence-electron chi connectivity index (χ2n) is 2.06. The summed E-state index contributed by atoms with van der Waals surface area (Å²) in [4.78, 5) is 0. The summed E-state index contributed by atoms with van der Waals surface area (Å²) in [5, 5.41) is 8.38. The van der Waals surface area contributed by atoms with Gasteiger partial charge in [0.05, 0.1) is 11.5 Å².